The highest BCUT2D eigenvalue weighted by Gasteiger charge is 2.46. The van der Waals surface area contributed by atoms with Crippen molar-refractivity contribution < 1.29 is 41.9 Å². The summed E-state index contributed by atoms with van der Waals surface area (Å²) in [6, 6.07) is 10.7. The molecule has 1 aliphatic carbocycles. The van der Waals surface area contributed by atoms with Gasteiger partial charge in [-0.3, -0.25) is 39.1 Å². The Morgan fingerprint density at radius 3 is 2.31 bits per heavy atom. The summed E-state index contributed by atoms with van der Waals surface area (Å²) in [6.07, 6.45) is 1.15. The molecule has 7 heterocycles. The van der Waals surface area contributed by atoms with Crippen molar-refractivity contribution in [3.8, 4) is 5.88 Å². The smallest absolute Gasteiger partial charge is 0.453 e. The molecule has 20 heteroatoms. The van der Waals surface area contributed by atoms with E-state index in [2.05, 4.69) is 45.6 Å². The van der Waals surface area contributed by atoms with Crippen LogP contribution in [0.4, 0.5) is 24.7 Å². The molecule has 320 valence electrons. The second-order valence-electron chi connectivity index (χ2n) is 16.3. The van der Waals surface area contributed by atoms with Gasteiger partial charge < -0.3 is 19.9 Å². The van der Waals surface area contributed by atoms with Crippen LogP contribution in [0.15, 0.2) is 48.7 Å². The van der Waals surface area contributed by atoms with Gasteiger partial charge in [0.2, 0.25) is 17.7 Å². The molecule has 0 bridgehead atoms. The Labute approximate surface area is 347 Å². The normalized spacial score (nSPS) is 23.1. The fourth-order valence-corrected chi connectivity index (χ4v) is 9.13. The van der Waals surface area contributed by atoms with Crippen LogP contribution in [0, 0.1) is 5.92 Å². The lowest BCUT2D eigenvalue weighted by atomic mass is 9.92. The first kappa shape index (κ1) is 40.2. The molecule has 5 amide bonds. The van der Waals surface area contributed by atoms with Gasteiger partial charge in [0.25, 0.3) is 23.5 Å². The molecule has 1 atom stereocenters. The fourth-order valence-electron chi connectivity index (χ4n) is 9.13. The number of halogens is 3. The van der Waals surface area contributed by atoms with Crippen LogP contribution < -0.4 is 25.2 Å². The third kappa shape index (κ3) is 8.19. The number of alkyl halides is 3. The molecular formula is C41H44F3N11O6. The summed E-state index contributed by atoms with van der Waals surface area (Å²) < 4.78 is 46.3. The number of benzene rings is 1. The number of carbonyl (C=O) groups excluding carboxylic acids is 5. The van der Waals surface area contributed by atoms with Gasteiger partial charge in [0.15, 0.2) is 5.65 Å². The average Bonchev–Trinajstić information content (AvgIpc) is 3.80. The number of amides is 5. The Morgan fingerprint density at radius 2 is 1.61 bits per heavy atom. The van der Waals surface area contributed by atoms with Gasteiger partial charge in [0.1, 0.15) is 18.0 Å². The molecule has 2 N–H and O–H groups in total. The number of piperazine rings is 1. The summed E-state index contributed by atoms with van der Waals surface area (Å²) >= 11 is 0. The third-order valence-electron chi connectivity index (χ3n) is 12.4. The molecule has 1 unspecified atom stereocenters. The van der Waals surface area contributed by atoms with Gasteiger partial charge in [0.05, 0.1) is 22.4 Å². The van der Waals surface area contributed by atoms with Crippen LogP contribution in [0.3, 0.4) is 0 Å². The van der Waals surface area contributed by atoms with Crippen LogP contribution in [0.2, 0.25) is 0 Å². The molecule has 4 aromatic rings. The van der Waals surface area contributed by atoms with E-state index < -0.39 is 41.7 Å². The van der Waals surface area contributed by atoms with Crippen LogP contribution in [-0.4, -0.2) is 128 Å². The van der Waals surface area contributed by atoms with Crippen molar-refractivity contribution in [2.75, 3.05) is 55.6 Å². The van der Waals surface area contributed by atoms with E-state index >= 15 is 0 Å². The van der Waals surface area contributed by atoms with Gasteiger partial charge in [-0.05, 0) is 81.2 Å². The summed E-state index contributed by atoms with van der Waals surface area (Å²) in [5.74, 6) is -2.13. The minimum Gasteiger partial charge on any atom is -0.473 e. The van der Waals surface area contributed by atoms with E-state index in [9.17, 15) is 37.1 Å². The van der Waals surface area contributed by atoms with Gasteiger partial charge in [-0.1, -0.05) is 6.07 Å². The predicted molar refractivity (Wildman–Crippen MR) is 211 cm³/mol. The highest BCUT2D eigenvalue weighted by molar-refractivity contribution is 6.25. The van der Waals surface area contributed by atoms with Crippen LogP contribution in [-0.2, 0) is 15.8 Å². The predicted octanol–water partition coefficient (Wildman–Crippen LogP) is 3.10. The molecule has 0 spiro atoms. The molecule has 5 aliphatic rings. The van der Waals surface area contributed by atoms with Crippen molar-refractivity contribution in [3.63, 3.8) is 0 Å². The van der Waals surface area contributed by atoms with E-state index in [0.29, 0.717) is 58.5 Å². The highest BCUT2D eigenvalue weighted by Crippen LogP contribution is 2.36. The van der Waals surface area contributed by atoms with E-state index in [1.165, 1.54) is 12.1 Å². The number of nitrogens with zero attached hydrogens (tertiary/aromatic N) is 9. The summed E-state index contributed by atoms with van der Waals surface area (Å²) in [6.45, 7) is 5.76. The number of hydrogen-bond donors (Lipinski definition) is 2. The van der Waals surface area contributed by atoms with Gasteiger partial charge in [-0.15, -0.1) is 15.3 Å². The lowest BCUT2D eigenvalue weighted by Gasteiger charge is -2.40. The molecule has 61 heavy (non-hydrogen) atoms. The topological polar surface area (TPSA) is 188 Å². The number of rotatable bonds is 9. The van der Waals surface area contributed by atoms with Crippen LogP contribution >= 0.6 is 0 Å². The van der Waals surface area contributed by atoms with E-state index in [4.69, 9.17) is 4.74 Å². The monoisotopic (exact) mass is 843 g/mol. The van der Waals surface area contributed by atoms with Gasteiger partial charge in [0, 0.05) is 70.5 Å². The number of carbonyl (C=O) groups is 5. The standard InChI is InChI=1S/C41H44F3N11O6/c42-41(43,44)40-49-48-32-11-13-34(50-55(32)40)61-27-7-5-26(6-8-27)46-36(57)25-4-10-31(45-22-25)53-20-18-51(19-21-53)23-24-14-16-52(17-15-24)29-3-1-2-28-35(29)39(60)54(38(28)59)30-9-12-33(56)47-37(30)58/h1-4,10-11,13,22,24,26-27,30H,5-9,12,14-21,23H2,(H,46,57)(H,47,56,58). The summed E-state index contributed by atoms with van der Waals surface area (Å²) in [5, 5.41) is 16.0. The first-order valence-electron chi connectivity index (χ1n) is 20.7. The molecule has 0 radical (unpaired) electrons. The zero-order chi connectivity index (χ0) is 42.4. The number of nitrogens with one attached hydrogen (secondary N) is 2. The number of pyridine rings is 1. The maximum absolute atomic E-state index is 13.6. The van der Waals surface area contributed by atoms with Crippen molar-refractivity contribution in [2.45, 2.75) is 75.7 Å². The second-order valence-corrected chi connectivity index (χ2v) is 16.3. The molecule has 9 rings (SSSR count). The first-order chi connectivity index (χ1) is 29.4. The lowest BCUT2D eigenvalue weighted by Crippen LogP contribution is -2.54. The van der Waals surface area contributed by atoms with Crippen molar-refractivity contribution >= 4 is 46.7 Å². The molecule has 1 aromatic carbocycles. The van der Waals surface area contributed by atoms with Gasteiger partial charge in [-0.2, -0.15) is 17.7 Å². The SMILES string of the molecule is O=C1CCC(N2C(=O)c3cccc(N4CCC(CN5CCN(c6ccc(C(=O)NC7CCC(Oc8ccc9nnc(C(F)(F)F)n9n8)CC7)cn6)CC5)CC4)c3C2=O)C(=O)N1. The number of ether oxygens (including phenoxy) is 1. The van der Waals surface area contributed by atoms with E-state index in [1.807, 2.05) is 12.1 Å². The number of fused-ring (bicyclic) bond motifs is 2. The number of aromatic nitrogens is 5. The van der Waals surface area contributed by atoms with Crippen molar-refractivity contribution in [2.24, 2.45) is 5.92 Å². The van der Waals surface area contributed by atoms with Gasteiger partial charge in [-0.25, -0.2) is 4.98 Å². The Morgan fingerprint density at radius 1 is 0.836 bits per heavy atom. The quantitative estimate of drug-likeness (QED) is 0.235. The molecule has 4 aliphatic heterocycles. The van der Waals surface area contributed by atoms with Crippen molar-refractivity contribution in [1.82, 2.24) is 45.2 Å². The van der Waals surface area contributed by atoms with E-state index in [1.54, 1.807) is 24.4 Å². The number of hydrogen-bond acceptors (Lipinski definition) is 13. The van der Waals surface area contributed by atoms with Crippen molar-refractivity contribution in [3.05, 3.63) is 71.2 Å². The Bertz CT molecular complexity index is 2350. The lowest BCUT2D eigenvalue weighted by molar-refractivity contribution is -0.146. The third-order valence-corrected chi connectivity index (χ3v) is 12.4. The maximum Gasteiger partial charge on any atom is 0.453 e. The van der Waals surface area contributed by atoms with Crippen molar-refractivity contribution in [1.29, 1.82) is 0 Å². The van der Waals surface area contributed by atoms with Crippen LogP contribution in [0.25, 0.3) is 5.65 Å². The maximum atomic E-state index is 13.6. The zero-order valence-corrected chi connectivity index (χ0v) is 33.1. The molecule has 1 saturated carbocycles. The van der Waals surface area contributed by atoms with E-state index in [0.717, 1.165) is 69.4 Å². The zero-order valence-electron chi connectivity index (χ0n) is 33.1. The average molecular weight is 844 g/mol. The minimum absolute atomic E-state index is 0.0300. The summed E-state index contributed by atoms with van der Waals surface area (Å²) in [7, 11) is 0. The largest absolute Gasteiger partial charge is 0.473 e. The molecular weight excluding hydrogens is 800 g/mol. The number of piperidine rings is 2. The molecule has 17 nitrogen and oxygen atoms in total. The van der Waals surface area contributed by atoms with E-state index in [-0.39, 0.29) is 42.4 Å². The Hall–Kier alpha value is -6.18. The Kier molecular flexibility index (Phi) is 10.8. The summed E-state index contributed by atoms with van der Waals surface area (Å²) in [5.41, 5.74) is 1.76. The number of anilines is 2. The second kappa shape index (κ2) is 16.4. The summed E-state index contributed by atoms with van der Waals surface area (Å²) in [4.78, 5) is 76.8. The minimum atomic E-state index is -4.70. The molecule has 3 aromatic heterocycles. The highest BCUT2D eigenvalue weighted by atomic mass is 19.4. The Balaban J connectivity index is 0.707. The molecule has 3 saturated heterocycles. The first-order valence-corrected chi connectivity index (χ1v) is 20.7. The molecule has 4 fully saturated rings. The number of imide groups is 2. The van der Waals surface area contributed by atoms with Crippen LogP contribution in [0.1, 0.15) is 88.3 Å². The van der Waals surface area contributed by atoms with Crippen LogP contribution in [0.5, 0.6) is 5.88 Å². The fraction of sp³-hybridized carbons (Fsp3) is 0.488. The van der Waals surface area contributed by atoms with Gasteiger partial charge >= 0.3 is 6.18 Å².